The zero-order chi connectivity index (χ0) is 23.0. The molecule has 2 aromatic carbocycles. The number of guanidine groups is 1. The molecule has 0 amide bonds. The standard InChI is InChI=1S/C26H31N5O2.HI/c1-27-26(29-22-14-16-30(19-22)23-7-3-4-8-24(23)33-2)28-17-20-10-12-21(13-11-20)18-31-15-6-5-9-25(31)32;/h3-13,15,22H,14,16-19H2,1-2H3,(H2,27,28,29);1H. The number of nitrogens with zero attached hydrogens (tertiary/aromatic N) is 3. The molecule has 1 aliphatic rings. The maximum absolute atomic E-state index is 11.9. The Hall–Kier alpha value is -3.01. The monoisotopic (exact) mass is 573 g/mol. The van der Waals surface area contributed by atoms with Crippen LogP contribution in [0.25, 0.3) is 0 Å². The fourth-order valence-electron chi connectivity index (χ4n) is 4.11. The van der Waals surface area contributed by atoms with E-state index in [0.29, 0.717) is 19.1 Å². The molecule has 1 fully saturated rings. The van der Waals surface area contributed by atoms with E-state index in [1.54, 1.807) is 30.9 Å². The van der Waals surface area contributed by atoms with Gasteiger partial charge in [-0.3, -0.25) is 9.79 Å². The van der Waals surface area contributed by atoms with E-state index >= 15 is 0 Å². The van der Waals surface area contributed by atoms with Crippen molar-refractivity contribution in [3.05, 3.63) is 94.4 Å². The van der Waals surface area contributed by atoms with Gasteiger partial charge in [0.25, 0.3) is 5.56 Å². The molecule has 2 heterocycles. The van der Waals surface area contributed by atoms with E-state index in [0.717, 1.165) is 48.0 Å². The van der Waals surface area contributed by atoms with Gasteiger partial charge in [0.1, 0.15) is 5.75 Å². The molecule has 1 saturated heterocycles. The van der Waals surface area contributed by atoms with Crippen LogP contribution in [0.1, 0.15) is 17.5 Å². The van der Waals surface area contributed by atoms with Gasteiger partial charge in [0.2, 0.25) is 0 Å². The lowest BCUT2D eigenvalue weighted by molar-refractivity contribution is 0.415. The third kappa shape index (κ3) is 6.53. The zero-order valence-electron chi connectivity index (χ0n) is 19.6. The van der Waals surface area contributed by atoms with E-state index in [2.05, 4.69) is 50.9 Å². The van der Waals surface area contributed by atoms with Crippen LogP contribution in [0.15, 0.2) is 82.7 Å². The summed E-state index contributed by atoms with van der Waals surface area (Å²) < 4.78 is 7.22. The highest BCUT2D eigenvalue weighted by Gasteiger charge is 2.25. The van der Waals surface area contributed by atoms with Crippen LogP contribution in [0.4, 0.5) is 5.69 Å². The molecule has 0 spiro atoms. The molecule has 0 aliphatic carbocycles. The Morgan fingerprint density at radius 1 is 1.06 bits per heavy atom. The van der Waals surface area contributed by atoms with Crippen molar-refractivity contribution in [1.29, 1.82) is 0 Å². The predicted molar refractivity (Wildman–Crippen MR) is 149 cm³/mol. The lowest BCUT2D eigenvalue weighted by Crippen LogP contribution is -2.44. The summed E-state index contributed by atoms with van der Waals surface area (Å²) in [5.41, 5.74) is 3.39. The molecular formula is C26H32IN5O2. The summed E-state index contributed by atoms with van der Waals surface area (Å²) in [6, 6.07) is 22.0. The van der Waals surface area contributed by atoms with Crippen molar-refractivity contribution in [2.45, 2.75) is 25.6 Å². The molecular weight excluding hydrogens is 541 g/mol. The Balaban J connectivity index is 0.00000324. The van der Waals surface area contributed by atoms with Gasteiger partial charge in [0.05, 0.1) is 19.3 Å². The number of hydrogen-bond donors (Lipinski definition) is 2. The van der Waals surface area contributed by atoms with Crippen molar-refractivity contribution in [2.75, 3.05) is 32.1 Å². The molecule has 2 N–H and O–H groups in total. The Morgan fingerprint density at radius 2 is 1.79 bits per heavy atom. The number of benzene rings is 2. The fraction of sp³-hybridized carbons (Fsp3) is 0.308. The van der Waals surface area contributed by atoms with Crippen molar-refractivity contribution in [3.63, 3.8) is 0 Å². The molecule has 0 bridgehead atoms. The molecule has 0 radical (unpaired) electrons. The number of halogens is 1. The van der Waals surface area contributed by atoms with Gasteiger partial charge in [-0.1, -0.05) is 42.5 Å². The number of rotatable bonds is 7. The second kappa shape index (κ2) is 12.5. The van der Waals surface area contributed by atoms with E-state index in [1.165, 1.54) is 0 Å². The number of ether oxygens (including phenoxy) is 1. The fourth-order valence-corrected chi connectivity index (χ4v) is 4.11. The van der Waals surface area contributed by atoms with Crippen molar-refractivity contribution in [1.82, 2.24) is 15.2 Å². The van der Waals surface area contributed by atoms with Crippen LogP contribution in [0.3, 0.4) is 0 Å². The first-order valence-corrected chi connectivity index (χ1v) is 11.2. The summed E-state index contributed by atoms with van der Waals surface area (Å²) in [5, 5.41) is 6.95. The molecule has 1 unspecified atom stereocenters. The number of para-hydroxylation sites is 2. The predicted octanol–water partition coefficient (Wildman–Crippen LogP) is 3.47. The molecule has 8 heteroatoms. The Labute approximate surface area is 217 Å². The minimum Gasteiger partial charge on any atom is -0.495 e. The smallest absolute Gasteiger partial charge is 0.250 e. The van der Waals surface area contributed by atoms with Crippen LogP contribution in [0, 0.1) is 0 Å². The van der Waals surface area contributed by atoms with Crippen LogP contribution >= 0.6 is 24.0 Å². The van der Waals surface area contributed by atoms with Gasteiger partial charge in [-0.15, -0.1) is 24.0 Å². The largest absolute Gasteiger partial charge is 0.495 e. The number of aliphatic imine (C=N–C) groups is 1. The maximum Gasteiger partial charge on any atom is 0.250 e. The number of anilines is 1. The molecule has 7 nitrogen and oxygen atoms in total. The van der Waals surface area contributed by atoms with E-state index in [4.69, 9.17) is 4.74 Å². The van der Waals surface area contributed by atoms with Gasteiger partial charge < -0.3 is 24.8 Å². The Bertz CT molecular complexity index is 1150. The molecule has 1 atom stereocenters. The SMILES string of the molecule is CN=C(NCc1ccc(Cn2ccccc2=O)cc1)NC1CCN(c2ccccc2OC)C1.I. The second-order valence-corrected chi connectivity index (χ2v) is 8.16. The summed E-state index contributed by atoms with van der Waals surface area (Å²) in [7, 11) is 3.51. The van der Waals surface area contributed by atoms with Gasteiger partial charge in [-0.2, -0.15) is 0 Å². The van der Waals surface area contributed by atoms with E-state index in [-0.39, 0.29) is 29.5 Å². The normalized spacial score (nSPS) is 15.5. The van der Waals surface area contributed by atoms with Crippen molar-refractivity contribution in [3.8, 4) is 5.75 Å². The van der Waals surface area contributed by atoms with Gasteiger partial charge in [0, 0.05) is 45.0 Å². The third-order valence-corrected chi connectivity index (χ3v) is 5.91. The minimum atomic E-state index is 0. The summed E-state index contributed by atoms with van der Waals surface area (Å²) >= 11 is 0. The molecule has 34 heavy (non-hydrogen) atoms. The molecule has 180 valence electrons. The average molecular weight is 573 g/mol. The lowest BCUT2D eigenvalue weighted by Gasteiger charge is -2.22. The minimum absolute atomic E-state index is 0. The van der Waals surface area contributed by atoms with Crippen molar-refractivity contribution < 1.29 is 4.74 Å². The van der Waals surface area contributed by atoms with Crippen LogP contribution in [-0.4, -0.2) is 43.8 Å². The first-order valence-electron chi connectivity index (χ1n) is 11.2. The quantitative estimate of drug-likeness (QED) is 0.258. The summed E-state index contributed by atoms with van der Waals surface area (Å²) in [6.45, 7) is 3.12. The van der Waals surface area contributed by atoms with Crippen LogP contribution in [-0.2, 0) is 13.1 Å². The summed E-state index contributed by atoms with van der Waals surface area (Å²) in [4.78, 5) is 18.6. The lowest BCUT2D eigenvalue weighted by atomic mass is 10.1. The maximum atomic E-state index is 11.9. The topological polar surface area (TPSA) is 70.9 Å². The van der Waals surface area contributed by atoms with E-state index in [9.17, 15) is 4.79 Å². The van der Waals surface area contributed by atoms with Crippen LogP contribution in [0.2, 0.25) is 0 Å². The number of hydrogen-bond acceptors (Lipinski definition) is 4. The van der Waals surface area contributed by atoms with Crippen molar-refractivity contribution in [2.24, 2.45) is 4.99 Å². The van der Waals surface area contributed by atoms with Crippen LogP contribution in [0.5, 0.6) is 5.75 Å². The summed E-state index contributed by atoms with van der Waals surface area (Å²) in [5.74, 6) is 1.70. The van der Waals surface area contributed by atoms with Crippen molar-refractivity contribution >= 4 is 35.6 Å². The molecule has 1 aliphatic heterocycles. The van der Waals surface area contributed by atoms with Crippen LogP contribution < -0.4 is 25.8 Å². The number of pyridine rings is 1. The third-order valence-electron chi connectivity index (χ3n) is 5.91. The Kier molecular flexibility index (Phi) is 9.38. The average Bonchev–Trinajstić information content (AvgIpc) is 3.32. The van der Waals surface area contributed by atoms with Gasteiger partial charge in [0.15, 0.2) is 5.96 Å². The molecule has 0 saturated carbocycles. The number of aromatic nitrogens is 1. The first kappa shape index (κ1) is 25.6. The zero-order valence-corrected chi connectivity index (χ0v) is 21.9. The molecule has 1 aromatic heterocycles. The molecule has 3 aromatic rings. The number of methoxy groups -OCH3 is 1. The highest BCUT2D eigenvalue weighted by Crippen LogP contribution is 2.30. The highest BCUT2D eigenvalue weighted by atomic mass is 127. The van der Waals surface area contributed by atoms with Gasteiger partial charge in [-0.25, -0.2) is 0 Å². The second-order valence-electron chi connectivity index (χ2n) is 8.16. The summed E-state index contributed by atoms with van der Waals surface area (Å²) in [6.07, 6.45) is 2.85. The van der Waals surface area contributed by atoms with E-state index in [1.807, 2.05) is 30.5 Å². The van der Waals surface area contributed by atoms with Gasteiger partial charge >= 0.3 is 0 Å². The van der Waals surface area contributed by atoms with E-state index < -0.39 is 0 Å². The first-order chi connectivity index (χ1) is 16.2. The number of nitrogens with one attached hydrogen (secondary N) is 2. The highest BCUT2D eigenvalue weighted by molar-refractivity contribution is 14.0. The van der Waals surface area contributed by atoms with Gasteiger partial charge in [-0.05, 0) is 35.7 Å². The molecule has 4 rings (SSSR count). The Morgan fingerprint density at radius 3 is 2.53 bits per heavy atom.